The van der Waals surface area contributed by atoms with E-state index >= 15 is 0 Å². The van der Waals surface area contributed by atoms with Crippen molar-refractivity contribution in [2.75, 3.05) is 26.4 Å². The smallest absolute Gasteiger partial charge is 0.141 e. The van der Waals surface area contributed by atoms with E-state index in [2.05, 4.69) is 41.5 Å². The summed E-state index contributed by atoms with van der Waals surface area (Å²) in [5, 5.41) is 0. The molecule has 2 atom stereocenters. The van der Waals surface area contributed by atoms with Gasteiger partial charge in [0.15, 0.2) is 0 Å². The van der Waals surface area contributed by atoms with Gasteiger partial charge in [0.05, 0.1) is 19.8 Å². The van der Waals surface area contributed by atoms with E-state index in [4.69, 9.17) is 9.47 Å². The monoisotopic (exact) mass is 398 g/mol. The van der Waals surface area contributed by atoms with E-state index in [1.54, 1.807) is 0 Å². The summed E-state index contributed by atoms with van der Waals surface area (Å²) in [7, 11) is 0. The van der Waals surface area contributed by atoms with Gasteiger partial charge in [-0.15, -0.1) is 0 Å². The van der Waals surface area contributed by atoms with Crippen molar-refractivity contribution in [1.82, 2.24) is 0 Å². The Labute approximate surface area is 176 Å². The predicted octanol–water partition coefficient (Wildman–Crippen LogP) is 7.36. The lowest BCUT2D eigenvalue weighted by Gasteiger charge is -2.29. The average Bonchev–Trinajstić information content (AvgIpc) is 2.67. The van der Waals surface area contributed by atoms with Crippen molar-refractivity contribution in [3.63, 3.8) is 0 Å². The Bertz CT molecular complexity index is 382. The van der Waals surface area contributed by atoms with Gasteiger partial charge in [-0.1, -0.05) is 80.1 Å². The van der Waals surface area contributed by atoms with Crippen LogP contribution in [0.3, 0.4) is 0 Å². The van der Waals surface area contributed by atoms with Crippen molar-refractivity contribution in [3.8, 4) is 0 Å². The van der Waals surface area contributed by atoms with Gasteiger partial charge < -0.3 is 9.47 Å². The molecule has 0 aliphatic rings. The van der Waals surface area contributed by atoms with E-state index in [0.717, 1.165) is 45.1 Å². The van der Waals surface area contributed by atoms with Gasteiger partial charge in [0.25, 0.3) is 0 Å². The van der Waals surface area contributed by atoms with Gasteiger partial charge in [0.1, 0.15) is 5.78 Å². The zero-order valence-electron chi connectivity index (χ0n) is 20.0. The molecule has 0 aromatic heterocycles. The molecule has 3 heteroatoms. The Morgan fingerprint density at radius 3 is 1.79 bits per heavy atom. The molecule has 0 rings (SSSR count). The number of ether oxygens (including phenoxy) is 2. The number of rotatable bonds is 20. The molecule has 168 valence electrons. The van der Waals surface area contributed by atoms with Crippen LogP contribution in [0.15, 0.2) is 0 Å². The second-order valence-electron chi connectivity index (χ2n) is 9.23. The highest BCUT2D eigenvalue weighted by molar-refractivity contribution is 5.84. The van der Waals surface area contributed by atoms with Crippen LogP contribution >= 0.6 is 0 Å². The molecular weight excluding hydrogens is 348 g/mol. The van der Waals surface area contributed by atoms with Crippen LogP contribution in [-0.2, 0) is 14.3 Å². The van der Waals surface area contributed by atoms with E-state index in [9.17, 15) is 4.79 Å². The molecule has 0 saturated carbocycles. The summed E-state index contributed by atoms with van der Waals surface area (Å²) in [6, 6.07) is 0. The molecular formula is C25H50O3. The summed E-state index contributed by atoms with van der Waals surface area (Å²) in [6.45, 7) is 16.0. The standard InChI is InChI=1S/C25H50O3/c1-7-11-16-24(5,14-9-3)18-20-28-22-21-27-19-13-23(26)25(6,15-10-4)17-12-8-2/h7-22H2,1-6H3. The minimum absolute atomic E-state index is 0.160. The summed E-state index contributed by atoms with van der Waals surface area (Å²) in [5.74, 6) is 0.370. The zero-order valence-corrected chi connectivity index (χ0v) is 20.0. The molecule has 28 heavy (non-hydrogen) atoms. The molecule has 0 bridgehead atoms. The first-order valence-electron chi connectivity index (χ1n) is 12.1. The second-order valence-corrected chi connectivity index (χ2v) is 9.23. The van der Waals surface area contributed by atoms with Crippen LogP contribution in [0.4, 0.5) is 0 Å². The van der Waals surface area contributed by atoms with Crippen LogP contribution in [0.5, 0.6) is 0 Å². The molecule has 0 spiro atoms. The van der Waals surface area contributed by atoms with E-state index in [1.165, 1.54) is 32.1 Å². The third-order valence-electron chi connectivity index (χ3n) is 6.24. The number of hydrogen-bond donors (Lipinski definition) is 0. The van der Waals surface area contributed by atoms with Crippen LogP contribution in [0.2, 0.25) is 0 Å². The van der Waals surface area contributed by atoms with Gasteiger partial charge in [-0.25, -0.2) is 0 Å². The number of Topliss-reactive ketones (excluding diaryl/α,β-unsaturated/α-hetero) is 1. The fourth-order valence-electron chi connectivity index (χ4n) is 4.21. The second kappa shape index (κ2) is 16.4. The third kappa shape index (κ3) is 12.2. The Morgan fingerprint density at radius 2 is 1.21 bits per heavy atom. The SMILES string of the molecule is CCCCC(C)(CCC)CCOCCOCCC(=O)C(C)(CCC)CCCC. The van der Waals surface area contributed by atoms with E-state index < -0.39 is 0 Å². The van der Waals surface area contributed by atoms with Crippen LogP contribution in [0, 0.1) is 10.8 Å². The highest BCUT2D eigenvalue weighted by atomic mass is 16.5. The van der Waals surface area contributed by atoms with Gasteiger partial charge in [-0.05, 0) is 37.5 Å². The van der Waals surface area contributed by atoms with Crippen molar-refractivity contribution < 1.29 is 14.3 Å². The highest BCUT2D eigenvalue weighted by Crippen LogP contribution is 2.34. The van der Waals surface area contributed by atoms with Crippen LogP contribution in [0.1, 0.15) is 119 Å². The first kappa shape index (κ1) is 27.6. The van der Waals surface area contributed by atoms with Gasteiger partial charge in [-0.3, -0.25) is 4.79 Å². The Morgan fingerprint density at radius 1 is 0.643 bits per heavy atom. The highest BCUT2D eigenvalue weighted by Gasteiger charge is 2.30. The topological polar surface area (TPSA) is 35.5 Å². The van der Waals surface area contributed by atoms with E-state index in [1.807, 2.05) is 0 Å². The van der Waals surface area contributed by atoms with Crippen molar-refractivity contribution in [2.24, 2.45) is 10.8 Å². The van der Waals surface area contributed by atoms with Crippen molar-refractivity contribution in [1.29, 1.82) is 0 Å². The quantitative estimate of drug-likeness (QED) is 0.201. The molecule has 0 saturated heterocycles. The minimum Gasteiger partial charge on any atom is -0.379 e. The molecule has 0 aromatic rings. The largest absolute Gasteiger partial charge is 0.379 e. The lowest BCUT2D eigenvalue weighted by molar-refractivity contribution is -0.130. The maximum absolute atomic E-state index is 12.6. The Hall–Kier alpha value is -0.410. The summed E-state index contributed by atoms with van der Waals surface area (Å²) >= 11 is 0. The van der Waals surface area contributed by atoms with E-state index in [-0.39, 0.29) is 5.41 Å². The predicted molar refractivity (Wildman–Crippen MR) is 121 cm³/mol. The maximum atomic E-state index is 12.6. The Kier molecular flexibility index (Phi) is 16.2. The zero-order chi connectivity index (χ0) is 21.3. The molecule has 0 aromatic carbocycles. The fourth-order valence-corrected chi connectivity index (χ4v) is 4.21. The van der Waals surface area contributed by atoms with Crippen LogP contribution in [-0.4, -0.2) is 32.2 Å². The molecule has 0 amide bonds. The van der Waals surface area contributed by atoms with Crippen LogP contribution < -0.4 is 0 Å². The van der Waals surface area contributed by atoms with E-state index in [0.29, 0.717) is 37.4 Å². The average molecular weight is 399 g/mol. The minimum atomic E-state index is -0.160. The number of hydrogen-bond acceptors (Lipinski definition) is 3. The van der Waals surface area contributed by atoms with Crippen molar-refractivity contribution in [3.05, 3.63) is 0 Å². The summed E-state index contributed by atoms with van der Waals surface area (Å²) in [6.07, 6.45) is 13.4. The molecule has 0 aliphatic heterocycles. The lowest BCUT2D eigenvalue weighted by atomic mass is 9.76. The number of carbonyl (C=O) groups excluding carboxylic acids is 1. The summed E-state index contributed by atoms with van der Waals surface area (Å²) < 4.78 is 11.5. The van der Waals surface area contributed by atoms with Gasteiger partial charge in [0, 0.05) is 18.4 Å². The molecule has 0 N–H and O–H groups in total. The van der Waals surface area contributed by atoms with Crippen molar-refractivity contribution >= 4 is 5.78 Å². The van der Waals surface area contributed by atoms with Crippen molar-refractivity contribution in [2.45, 2.75) is 119 Å². The van der Waals surface area contributed by atoms with Gasteiger partial charge in [0.2, 0.25) is 0 Å². The molecule has 0 fully saturated rings. The molecule has 3 nitrogen and oxygen atoms in total. The number of ketones is 1. The maximum Gasteiger partial charge on any atom is 0.141 e. The summed E-state index contributed by atoms with van der Waals surface area (Å²) in [4.78, 5) is 12.6. The van der Waals surface area contributed by atoms with Gasteiger partial charge in [-0.2, -0.15) is 0 Å². The third-order valence-corrected chi connectivity index (χ3v) is 6.24. The number of carbonyl (C=O) groups is 1. The molecule has 2 unspecified atom stereocenters. The first-order valence-corrected chi connectivity index (χ1v) is 12.1. The molecule has 0 radical (unpaired) electrons. The number of unbranched alkanes of at least 4 members (excludes halogenated alkanes) is 2. The molecule has 0 aliphatic carbocycles. The summed E-state index contributed by atoms with van der Waals surface area (Å²) in [5.41, 5.74) is 0.257. The van der Waals surface area contributed by atoms with Crippen LogP contribution in [0.25, 0.3) is 0 Å². The first-order chi connectivity index (χ1) is 13.4. The normalized spacial score (nSPS) is 15.9. The van der Waals surface area contributed by atoms with Gasteiger partial charge >= 0.3 is 0 Å². The Balaban J connectivity index is 3.96. The fraction of sp³-hybridized carbons (Fsp3) is 0.960. The molecule has 0 heterocycles. The lowest BCUT2D eigenvalue weighted by Crippen LogP contribution is -2.29.